The lowest BCUT2D eigenvalue weighted by molar-refractivity contribution is 0.572. The van der Waals surface area contributed by atoms with Crippen molar-refractivity contribution in [2.45, 2.75) is 33.1 Å². The number of nitrogens with two attached hydrogens (primary N) is 1. The highest BCUT2D eigenvalue weighted by molar-refractivity contribution is 6.31. The van der Waals surface area contributed by atoms with Gasteiger partial charge in [-0.2, -0.15) is 0 Å². The van der Waals surface area contributed by atoms with Crippen LogP contribution >= 0.6 is 11.6 Å². The molecular weight excluding hydrogens is 232 g/mol. The molecule has 0 bridgehead atoms. The Bertz CT molecular complexity index is 583. The Morgan fingerprint density at radius 3 is 2.41 bits per heavy atom. The van der Waals surface area contributed by atoms with Crippen LogP contribution in [-0.2, 0) is 5.41 Å². The molecule has 0 amide bonds. The van der Waals surface area contributed by atoms with Crippen molar-refractivity contribution in [1.82, 2.24) is 4.98 Å². The van der Waals surface area contributed by atoms with Gasteiger partial charge in [0.25, 0.3) is 0 Å². The summed E-state index contributed by atoms with van der Waals surface area (Å²) in [6, 6.07) is 5.74. The molecule has 2 aromatic rings. The standard InChI is InChI=1S/C14H17ClN2/c1-8-5-9(15)6-10-11(16)7-12(14(2,3)4)17-13(8)10/h5-7H,1-4H3,(H2,16,17). The molecule has 90 valence electrons. The number of benzene rings is 1. The third-order valence-corrected chi connectivity index (χ3v) is 3.09. The van der Waals surface area contributed by atoms with Crippen molar-refractivity contribution in [3.8, 4) is 0 Å². The number of nitrogen functional groups attached to an aromatic ring is 1. The van der Waals surface area contributed by atoms with E-state index in [9.17, 15) is 0 Å². The van der Waals surface area contributed by atoms with Crippen LogP contribution in [0.15, 0.2) is 18.2 Å². The van der Waals surface area contributed by atoms with Gasteiger partial charge < -0.3 is 5.73 Å². The molecule has 1 aromatic heterocycles. The topological polar surface area (TPSA) is 38.9 Å². The van der Waals surface area contributed by atoms with Gasteiger partial charge in [0.15, 0.2) is 0 Å². The molecule has 0 saturated heterocycles. The normalized spacial score (nSPS) is 12.1. The molecule has 0 fully saturated rings. The molecule has 2 rings (SSSR count). The first-order valence-corrected chi connectivity index (χ1v) is 6.03. The third kappa shape index (κ3) is 2.22. The molecule has 0 radical (unpaired) electrons. The second kappa shape index (κ2) is 3.88. The number of anilines is 1. The largest absolute Gasteiger partial charge is 0.398 e. The van der Waals surface area contributed by atoms with Crippen LogP contribution < -0.4 is 5.73 Å². The molecule has 0 atom stereocenters. The fraction of sp³-hybridized carbons (Fsp3) is 0.357. The lowest BCUT2D eigenvalue weighted by Gasteiger charge is -2.19. The SMILES string of the molecule is Cc1cc(Cl)cc2c(N)cc(C(C)(C)C)nc12. The molecule has 3 heteroatoms. The summed E-state index contributed by atoms with van der Waals surface area (Å²) in [6.07, 6.45) is 0. The van der Waals surface area contributed by atoms with Crippen molar-refractivity contribution in [3.63, 3.8) is 0 Å². The number of pyridine rings is 1. The Balaban J connectivity index is 2.83. The summed E-state index contributed by atoms with van der Waals surface area (Å²) < 4.78 is 0. The minimum Gasteiger partial charge on any atom is -0.398 e. The highest BCUT2D eigenvalue weighted by Gasteiger charge is 2.18. The van der Waals surface area contributed by atoms with Crippen LogP contribution in [0.2, 0.25) is 5.02 Å². The van der Waals surface area contributed by atoms with Crippen molar-refractivity contribution >= 4 is 28.2 Å². The number of halogens is 1. The maximum atomic E-state index is 6.09. The summed E-state index contributed by atoms with van der Waals surface area (Å²) in [5.41, 5.74) is 9.84. The molecule has 2 nitrogen and oxygen atoms in total. The smallest absolute Gasteiger partial charge is 0.0756 e. The summed E-state index contributed by atoms with van der Waals surface area (Å²) in [6.45, 7) is 8.40. The number of fused-ring (bicyclic) bond motifs is 1. The van der Waals surface area contributed by atoms with E-state index in [4.69, 9.17) is 22.3 Å². The van der Waals surface area contributed by atoms with Gasteiger partial charge in [0, 0.05) is 27.2 Å². The van der Waals surface area contributed by atoms with E-state index in [0.717, 1.165) is 27.8 Å². The van der Waals surface area contributed by atoms with E-state index in [-0.39, 0.29) is 5.41 Å². The summed E-state index contributed by atoms with van der Waals surface area (Å²) in [7, 11) is 0. The molecule has 2 N–H and O–H groups in total. The van der Waals surface area contributed by atoms with E-state index < -0.39 is 0 Å². The fourth-order valence-corrected chi connectivity index (χ4v) is 2.14. The summed E-state index contributed by atoms with van der Waals surface area (Å²) in [5, 5.41) is 1.63. The van der Waals surface area contributed by atoms with Crippen LogP contribution in [0.25, 0.3) is 10.9 Å². The molecular formula is C14H17ClN2. The van der Waals surface area contributed by atoms with E-state index >= 15 is 0 Å². The molecule has 17 heavy (non-hydrogen) atoms. The van der Waals surface area contributed by atoms with Crippen LogP contribution in [0.3, 0.4) is 0 Å². The van der Waals surface area contributed by atoms with Crippen molar-refractivity contribution in [3.05, 3.63) is 34.5 Å². The first kappa shape index (κ1) is 12.2. The van der Waals surface area contributed by atoms with Gasteiger partial charge in [0.05, 0.1) is 5.52 Å². The van der Waals surface area contributed by atoms with E-state index in [0.29, 0.717) is 5.02 Å². The van der Waals surface area contributed by atoms with Crippen molar-refractivity contribution in [2.75, 3.05) is 5.73 Å². The quantitative estimate of drug-likeness (QED) is 0.763. The Morgan fingerprint density at radius 1 is 1.18 bits per heavy atom. The number of hydrogen-bond acceptors (Lipinski definition) is 2. The van der Waals surface area contributed by atoms with E-state index in [1.54, 1.807) is 0 Å². The minimum absolute atomic E-state index is 0.00557. The molecule has 0 saturated carbocycles. The van der Waals surface area contributed by atoms with Gasteiger partial charge in [-0.15, -0.1) is 0 Å². The van der Waals surface area contributed by atoms with Crippen LogP contribution in [0.1, 0.15) is 32.0 Å². The Labute approximate surface area is 107 Å². The van der Waals surface area contributed by atoms with Gasteiger partial charge in [-0.3, -0.25) is 4.98 Å². The van der Waals surface area contributed by atoms with Gasteiger partial charge in [-0.25, -0.2) is 0 Å². The van der Waals surface area contributed by atoms with Crippen molar-refractivity contribution < 1.29 is 0 Å². The first-order chi connectivity index (χ1) is 7.79. The third-order valence-electron chi connectivity index (χ3n) is 2.87. The number of aryl methyl sites for hydroxylation is 1. The van der Waals surface area contributed by atoms with Crippen LogP contribution in [0.4, 0.5) is 5.69 Å². The van der Waals surface area contributed by atoms with Crippen LogP contribution in [0, 0.1) is 6.92 Å². The zero-order chi connectivity index (χ0) is 12.8. The zero-order valence-corrected chi connectivity index (χ0v) is 11.4. The van der Waals surface area contributed by atoms with Crippen LogP contribution in [0.5, 0.6) is 0 Å². The second-order valence-corrected chi connectivity index (χ2v) is 5.90. The van der Waals surface area contributed by atoms with Gasteiger partial charge in [-0.1, -0.05) is 32.4 Å². The van der Waals surface area contributed by atoms with Gasteiger partial charge >= 0.3 is 0 Å². The molecule has 0 aliphatic carbocycles. The van der Waals surface area contributed by atoms with Crippen molar-refractivity contribution in [1.29, 1.82) is 0 Å². The maximum Gasteiger partial charge on any atom is 0.0756 e. The molecule has 1 heterocycles. The molecule has 0 aliphatic rings. The Kier molecular flexibility index (Phi) is 2.78. The Morgan fingerprint density at radius 2 is 1.82 bits per heavy atom. The van der Waals surface area contributed by atoms with Crippen LogP contribution in [-0.4, -0.2) is 4.98 Å². The first-order valence-electron chi connectivity index (χ1n) is 5.66. The van der Waals surface area contributed by atoms with Gasteiger partial charge in [0.2, 0.25) is 0 Å². The lowest BCUT2D eigenvalue weighted by atomic mass is 9.90. The summed E-state index contributed by atoms with van der Waals surface area (Å²) in [5.74, 6) is 0. The predicted octanol–water partition coefficient (Wildman–Crippen LogP) is 4.08. The number of aromatic nitrogens is 1. The summed E-state index contributed by atoms with van der Waals surface area (Å²) in [4.78, 5) is 4.71. The fourth-order valence-electron chi connectivity index (χ4n) is 1.87. The van der Waals surface area contributed by atoms with Gasteiger partial charge in [-0.05, 0) is 30.7 Å². The average Bonchev–Trinajstić information content (AvgIpc) is 2.17. The average molecular weight is 249 g/mol. The molecule has 0 spiro atoms. The number of nitrogens with zero attached hydrogens (tertiary/aromatic N) is 1. The number of hydrogen-bond donors (Lipinski definition) is 1. The molecule has 0 unspecified atom stereocenters. The summed E-state index contributed by atoms with van der Waals surface area (Å²) >= 11 is 6.04. The minimum atomic E-state index is -0.00557. The van der Waals surface area contributed by atoms with Gasteiger partial charge in [0.1, 0.15) is 0 Å². The molecule has 0 aliphatic heterocycles. The lowest BCUT2D eigenvalue weighted by Crippen LogP contribution is -2.14. The monoisotopic (exact) mass is 248 g/mol. The Hall–Kier alpha value is -1.28. The molecule has 1 aromatic carbocycles. The van der Waals surface area contributed by atoms with Crippen molar-refractivity contribution in [2.24, 2.45) is 0 Å². The van der Waals surface area contributed by atoms with E-state index in [1.807, 2.05) is 25.1 Å². The van der Waals surface area contributed by atoms with E-state index in [2.05, 4.69) is 20.8 Å². The highest BCUT2D eigenvalue weighted by Crippen LogP contribution is 2.30. The number of rotatable bonds is 0. The second-order valence-electron chi connectivity index (χ2n) is 5.47. The predicted molar refractivity (Wildman–Crippen MR) is 74.6 cm³/mol. The highest BCUT2D eigenvalue weighted by atomic mass is 35.5. The maximum absolute atomic E-state index is 6.09. The zero-order valence-electron chi connectivity index (χ0n) is 10.6. The van der Waals surface area contributed by atoms with E-state index in [1.165, 1.54) is 0 Å².